The minimum atomic E-state index is -0.240. The molecule has 1 fully saturated rings. The molecular formula is C16H18FN3O2. The van der Waals surface area contributed by atoms with Crippen molar-refractivity contribution in [2.24, 2.45) is 0 Å². The third-order valence-corrected chi connectivity index (χ3v) is 3.56. The van der Waals surface area contributed by atoms with Crippen LogP contribution in [0.1, 0.15) is 30.3 Å². The maximum absolute atomic E-state index is 13.6. The molecule has 2 heterocycles. The predicted octanol–water partition coefficient (Wildman–Crippen LogP) is 3.09. The van der Waals surface area contributed by atoms with Gasteiger partial charge in [0.1, 0.15) is 17.7 Å². The van der Waals surface area contributed by atoms with Crippen molar-refractivity contribution in [3.8, 4) is 5.88 Å². The molecule has 1 aliphatic rings. The van der Waals surface area contributed by atoms with E-state index >= 15 is 0 Å². The maximum atomic E-state index is 13.6. The van der Waals surface area contributed by atoms with E-state index in [1.54, 1.807) is 31.4 Å². The molecule has 1 unspecified atom stereocenters. The molecule has 1 atom stereocenters. The van der Waals surface area contributed by atoms with E-state index in [1.165, 1.54) is 6.07 Å². The Hall–Kier alpha value is -2.21. The Labute approximate surface area is 128 Å². The second kappa shape index (κ2) is 6.70. The van der Waals surface area contributed by atoms with Crippen molar-refractivity contribution in [1.29, 1.82) is 0 Å². The molecule has 116 valence electrons. The van der Waals surface area contributed by atoms with Crippen LogP contribution < -0.4 is 10.1 Å². The van der Waals surface area contributed by atoms with E-state index in [9.17, 15) is 4.39 Å². The Morgan fingerprint density at radius 2 is 2.23 bits per heavy atom. The number of aromatic nitrogens is 2. The quantitative estimate of drug-likeness (QED) is 0.920. The SMILES string of the molecule is COc1cc(NCc2ccccc2F)nc(C2CCCO2)n1. The van der Waals surface area contributed by atoms with Crippen LogP contribution in [0.5, 0.6) is 5.88 Å². The van der Waals surface area contributed by atoms with Crippen LogP contribution in [-0.2, 0) is 11.3 Å². The third kappa shape index (κ3) is 3.33. The standard InChI is InChI=1S/C16H18FN3O2/c1-21-15-9-14(18-10-11-5-2-3-6-12(11)17)19-16(20-15)13-7-4-8-22-13/h2-3,5-6,9,13H,4,7-8,10H2,1H3,(H,18,19,20). The third-order valence-electron chi connectivity index (χ3n) is 3.56. The molecule has 6 heteroatoms. The average Bonchev–Trinajstić information content (AvgIpc) is 3.08. The number of benzene rings is 1. The number of nitrogens with one attached hydrogen (secondary N) is 1. The Morgan fingerprint density at radius 3 is 2.95 bits per heavy atom. The number of rotatable bonds is 5. The number of methoxy groups -OCH3 is 1. The van der Waals surface area contributed by atoms with E-state index in [-0.39, 0.29) is 11.9 Å². The van der Waals surface area contributed by atoms with Gasteiger partial charge in [0.25, 0.3) is 0 Å². The van der Waals surface area contributed by atoms with Crippen LogP contribution in [0.3, 0.4) is 0 Å². The number of ether oxygens (including phenoxy) is 2. The fraction of sp³-hybridized carbons (Fsp3) is 0.375. The Balaban J connectivity index is 1.77. The lowest BCUT2D eigenvalue weighted by molar-refractivity contribution is 0.104. The minimum absolute atomic E-state index is 0.0934. The summed E-state index contributed by atoms with van der Waals surface area (Å²) >= 11 is 0. The molecule has 0 amide bonds. The molecule has 1 aromatic carbocycles. The Kier molecular flexibility index (Phi) is 4.48. The highest BCUT2D eigenvalue weighted by atomic mass is 19.1. The summed E-state index contributed by atoms with van der Waals surface area (Å²) in [5.74, 6) is 1.43. The lowest BCUT2D eigenvalue weighted by Gasteiger charge is -2.13. The van der Waals surface area contributed by atoms with Crippen molar-refractivity contribution < 1.29 is 13.9 Å². The van der Waals surface area contributed by atoms with Crippen molar-refractivity contribution in [3.05, 3.63) is 47.5 Å². The predicted molar refractivity (Wildman–Crippen MR) is 80.2 cm³/mol. The number of anilines is 1. The molecule has 1 aromatic heterocycles. The summed E-state index contributed by atoms with van der Waals surface area (Å²) in [7, 11) is 1.56. The van der Waals surface area contributed by atoms with Crippen molar-refractivity contribution in [2.75, 3.05) is 19.0 Å². The molecule has 1 saturated heterocycles. The normalized spacial score (nSPS) is 17.5. The zero-order chi connectivity index (χ0) is 15.4. The van der Waals surface area contributed by atoms with Gasteiger partial charge in [-0.2, -0.15) is 4.98 Å². The number of hydrogen-bond acceptors (Lipinski definition) is 5. The summed E-state index contributed by atoms with van der Waals surface area (Å²) in [6.45, 7) is 1.07. The fourth-order valence-electron chi connectivity index (χ4n) is 2.39. The highest BCUT2D eigenvalue weighted by Gasteiger charge is 2.22. The smallest absolute Gasteiger partial charge is 0.218 e. The van der Waals surface area contributed by atoms with Gasteiger partial charge in [-0.15, -0.1) is 0 Å². The summed E-state index contributed by atoms with van der Waals surface area (Å²) in [6, 6.07) is 8.34. The largest absolute Gasteiger partial charge is 0.481 e. The van der Waals surface area contributed by atoms with Crippen LogP contribution >= 0.6 is 0 Å². The van der Waals surface area contributed by atoms with Gasteiger partial charge in [0.2, 0.25) is 5.88 Å². The van der Waals surface area contributed by atoms with Gasteiger partial charge in [-0.1, -0.05) is 18.2 Å². The molecule has 5 nitrogen and oxygen atoms in total. The number of hydrogen-bond donors (Lipinski definition) is 1. The summed E-state index contributed by atoms with van der Waals surface area (Å²) in [4.78, 5) is 8.79. The molecule has 0 spiro atoms. The molecule has 3 rings (SSSR count). The van der Waals surface area contributed by atoms with Crippen LogP contribution in [0.25, 0.3) is 0 Å². The molecule has 1 aliphatic heterocycles. The monoisotopic (exact) mass is 303 g/mol. The molecule has 22 heavy (non-hydrogen) atoms. The van der Waals surface area contributed by atoms with E-state index in [4.69, 9.17) is 9.47 Å². The first-order valence-electron chi connectivity index (χ1n) is 7.28. The van der Waals surface area contributed by atoms with Crippen molar-refractivity contribution >= 4 is 5.82 Å². The lowest BCUT2D eigenvalue weighted by atomic mass is 10.2. The minimum Gasteiger partial charge on any atom is -0.481 e. The van der Waals surface area contributed by atoms with Crippen LogP contribution in [-0.4, -0.2) is 23.7 Å². The van der Waals surface area contributed by atoms with E-state index in [1.807, 2.05) is 0 Å². The van der Waals surface area contributed by atoms with E-state index in [2.05, 4.69) is 15.3 Å². The molecule has 2 aromatic rings. The second-order valence-corrected chi connectivity index (χ2v) is 5.10. The van der Waals surface area contributed by atoms with Crippen LogP contribution in [0, 0.1) is 5.82 Å². The number of halogens is 1. The van der Waals surface area contributed by atoms with Gasteiger partial charge in [-0.3, -0.25) is 0 Å². The summed E-state index contributed by atoms with van der Waals surface area (Å²) in [5, 5.41) is 3.11. The maximum Gasteiger partial charge on any atom is 0.218 e. The average molecular weight is 303 g/mol. The van der Waals surface area contributed by atoms with Gasteiger partial charge in [0.15, 0.2) is 5.82 Å². The van der Waals surface area contributed by atoms with Crippen molar-refractivity contribution in [3.63, 3.8) is 0 Å². The van der Waals surface area contributed by atoms with Crippen molar-refractivity contribution in [2.45, 2.75) is 25.5 Å². The highest BCUT2D eigenvalue weighted by Crippen LogP contribution is 2.28. The molecule has 0 radical (unpaired) electrons. The van der Waals surface area contributed by atoms with Crippen molar-refractivity contribution in [1.82, 2.24) is 9.97 Å². The first-order valence-corrected chi connectivity index (χ1v) is 7.28. The fourth-order valence-corrected chi connectivity index (χ4v) is 2.39. The highest BCUT2D eigenvalue weighted by molar-refractivity contribution is 5.40. The Bertz CT molecular complexity index is 645. The van der Waals surface area contributed by atoms with Gasteiger partial charge in [-0.25, -0.2) is 9.37 Å². The van der Waals surface area contributed by atoms with Gasteiger partial charge in [0.05, 0.1) is 7.11 Å². The summed E-state index contributed by atoms with van der Waals surface area (Å²) in [6.07, 6.45) is 1.81. The van der Waals surface area contributed by atoms with Gasteiger partial charge < -0.3 is 14.8 Å². The second-order valence-electron chi connectivity index (χ2n) is 5.10. The summed E-state index contributed by atoms with van der Waals surface area (Å²) < 4.78 is 24.5. The molecule has 0 bridgehead atoms. The molecule has 0 aliphatic carbocycles. The topological polar surface area (TPSA) is 56.3 Å². The summed E-state index contributed by atoms with van der Waals surface area (Å²) in [5.41, 5.74) is 0.582. The Morgan fingerprint density at radius 1 is 1.36 bits per heavy atom. The first kappa shape index (κ1) is 14.7. The molecule has 1 N–H and O–H groups in total. The number of nitrogens with zero attached hydrogens (tertiary/aromatic N) is 2. The van der Waals surface area contributed by atoms with Crippen LogP contribution in [0.15, 0.2) is 30.3 Å². The zero-order valence-electron chi connectivity index (χ0n) is 12.4. The lowest BCUT2D eigenvalue weighted by Crippen LogP contribution is -2.09. The van der Waals surface area contributed by atoms with E-state index < -0.39 is 0 Å². The zero-order valence-corrected chi connectivity index (χ0v) is 12.4. The molecular weight excluding hydrogens is 285 g/mol. The van der Waals surface area contributed by atoms with E-state index in [0.717, 1.165) is 19.4 Å². The van der Waals surface area contributed by atoms with E-state index in [0.29, 0.717) is 29.6 Å². The van der Waals surface area contributed by atoms with Crippen LogP contribution in [0.4, 0.5) is 10.2 Å². The van der Waals surface area contributed by atoms with Crippen LogP contribution in [0.2, 0.25) is 0 Å². The first-order chi connectivity index (χ1) is 10.8. The molecule has 0 saturated carbocycles. The van der Waals surface area contributed by atoms with Gasteiger partial charge >= 0.3 is 0 Å². The van der Waals surface area contributed by atoms with Gasteiger partial charge in [0, 0.05) is 24.8 Å². The van der Waals surface area contributed by atoms with Gasteiger partial charge in [-0.05, 0) is 18.9 Å².